The molecule has 3 rings (SSSR count). The number of primary amides is 1. The number of methoxy groups -OCH3 is 2. The number of nitrogens with one attached hydrogen (secondary N) is 1. The first kappa shape index (κ1) is 19.9. The number of hydrogen-bond acceptors (Lipinski definition) is 6. The number of carbonyl (C=O) groups is 2. The lowest BCUT2D eigenvalue weighted by atomic mass is 10.1. The second-order valence-electron chi connectivity index (χ2n) is 6.29. The number of nitrogens with two attached hydrogens (primary N) is 1. The van der Waals surface area contributed by atoms with Crippen LogP contribution in [-0.4, -0.2) is 35.8 Å². The summed E-state index contributed by atoms with van der Waals surface area (Å²) in [5.74, 6) is -0.307. The maximum Gasteiger partial charge on any atom is 0.275 e. The normalized spacial score (nSPS) is 10.6. The Morgan fingerprint density at radius 3 is 2.34 bits per heavy atom. The maximum atomic E-state index is 12.7. The zero-order valence-electron chi connectivity index (χ0n) is 16.2. The molecule has 9 nitrogen and oxygen atoms in total. The Bertz CT molecular complexity index is 1170. The third kappa shape index (κ3) is 3.88. The van der Waals surface area contributed by atoms with E-state index >= 15 is 0 Å². The van der Waals surface area contributed by atoms with Gasteiger partial charge in [0, 0.05) is 17.1 Å². The van der Waals surface area contributed by atoms with Gasteiger partial charge in [-0.05, 0) is 24.6 Å². The van der Waals surface area contributed by atoms with Crippen molar-refractivity contribution in [3.8, 4) is 11.5 Å². The monoisotopic (exact) mass is 396 g/mol. The first-order valence-electron chi connectivity index (χ1n) is 8.67. The zero-order chi connectivity index (χ0) is 21.1. The largest absolute Gasteiger partial charge is 0.493 e. The van der Waals surface area contributed by atoms with E-state index in [2.05, 4.69) is 10.4 Å². The van der Waals surface area contributed by atoms with Crippen molar-refractivity contribution in [2.45, 2.75) is 13.5 Å². The Labute approximate surface area is 166 Å². The smallest absolute Gasteiger partial charge is 0.275 e. The van der Waals surface area contributed by atoms with Crippen molar-refractivity contribution < 1.29 is 19.1 Å². The summed E-state index contributed by atoms with van der Waals surface area (Å²) < 4.78 is 11.4. The standard InChI is InChI=1S/C20H20N4O5/c1-11-8-15(28-2)16(29-3)9-14(11)22-17(25)10-24-20(27)13-7-5-4-6-12(13)18(23-24)19(21)26/h4-9H,10H2,1-3H3,(H2,21,26)(H,22,25). The molecular formula is C20H20N4O5. The fourth-order valence-corrected chi connectivity index (χ4v) is 2.97. The molecule has 0 spiro atoms. The van der Waals surface area contributed by atoms with Crippen molar-refractivity contribution in [1.82, 2.24) is 9.78 Å². The van der Waals surface area contributed by atoms with E-state index in [1.807, 2.05) is 0 Å². The molecule has 2 aromatic carbocycles. The van der Waals surface area contributed by atoms with Crippen LogP contribution < -0.4 is 26.1 Å². The summed E-state index contributed by atoms with van der Waals surface area (Å²) in [4.78, 5) is 37.0. The molecule has 0 saturated carbocycles. The summed E-state index contributed by atoms with van der Waals surface area (Å²) in [6.07, 6.45) is 0. The Balaban J connectivity index is 1.94. The lowest BCUT2D eigenvalue weighted by Crippen LogP contribution is -2.32. The summed E-state index contributed by atoms with van der Waals surface area (Å²) in [6.45, 7) is 1.40. The molecule has 9 heteroatoms. The van der Waals surface area contributed by atoms with Crippen molar-refractivity contribution >= 4 is 28.3 Å². The number of fused-ring (bicyclic) bond motifs is 1. The second-order valence-corrected chi connectivity index (χ2v) is 6.29. The molecule has 3 aromatic rings. The number of amides is 2. The molecule has 0 aliphatic carbocycles. The number of benzene rings is 2. The van der Waals surface area contributed by atoms with E-state index in [0.717, 1.165) is 10.2 Å². The third-order valence-electron chi connectivity index (χ3n) is 4.40. The second kappa shape index (κ2) is 8.01. The van der Waals surface area contributed by atoms with Crippen LogP contribution in [0.15, 0.2) is 41.2 Å². The number of anilines is 1. The molecule has 0 aliphatic heterocycles. The van der Waals surface area contributed by atoms with Crippen LogP contribution in [0.5, 0.6) is 11.5 Å². The van der Waals surface area contributed by atoms with Crippen LogP contribution in [0.4, 0.5) is 5.69 Å². The number of hydrogen-bond donors (Lipinski definition) is 2. The fourth-order valence-electron chi connectivity index (χ4n) is 2.97. The SMILES string of the molecule is COc1cc(C)c(NC(=O)Cn2nc(C(N)=O)c3ccccc3c2=O)cc1OC. The van der Waals surface area contributed by atoms with Crippen molar-refractivity contribution in [3.63, 3.8) is 0 Å². The van der Waals surface area contributed by atoms with Gasteiger partial charge in [-0.25, -0.2) is 4.68 Å². The highest BCUT2D eigenvalue weighted by Gasteiger charge is 2.17. The molecular weight excluding hydrogens is 376 g/mol. The molecule has 0 radical (unpaired) electrons. The molecule has 29 heavy (non-hydrogen) atoms. The van der Waals surface area contributed by atoms with E-state index in [1.54, 1.807) is 43.3 Å². The topological polar surface area (TPSA) is 126 Å². The van der Waals surface area contributed by atoms with Crippen molar-refractivity contribution in [1.29, 1.82) is 0 Å². The fraction of sp³-hybridized carbons (Fsp3) is 0.200. The molecule has 1 aromatic heterocycles. The van der Waals surface area contributed by atoms with Gasteiger partial charge in [-0.3, -0.25) is 14.4 Å². The van der Waals surface area contributed by atoms with Crippen LogP contribution >= 0.6 is 0 Å². The van der Waals surface area contributed by atoms with Gasteiger partial charge in [0.2, 0.25) is 5.91 Å². The van der Waals surface area contributed by atoms with Crippen molar-refractivity contribution in [2.75, 3.05) is 19.5 Å². The van der Waals surface area contributed by atoms with E-state index in [-0.39, 0.29) is 11.1 Å². The summed E-state index contributed by atoms with van der Waals surface area (Å²) in [6, 6.07) is 9.82. The summed E-state index contributed by atoms with van der Waals surface area (Å²) in [7, 11) is 3.01. The van der Waals surface area contributed by atoms with Gasteiger partial charge >= 0.3 is 0 Å². The quantitative estimate of drug-likeness (QED) is 0.650. The minimum atomic E-state index is -0.786. The number of aryl methyl sites for hydroxylation is 1. The number of rotatable bonds is 6. The molecule has 150 valence electrons. The van der Waals surface area contributed by atoms with Gasteiger partial charge in [0.25, 0.3) is 11.5 Å². The van der Waals surface area contributed by atoms with E-state index in [4.69, 9.17) is 15.2 Å². The van der Waals surface area contributed by atoms with Crippen LogP contribution in [0.1, 0.15) is 16.1 Å². The van der Waals surface area contributed by atoms with Crippen LogP contribution in [-0.2, 0) is 11.3 Å². The Hall–Kier alpha value is -3.88. The highest BCUT2D eigenvalue weighted by atomic mass is 16.5. The Morgan fingerprint density at radius 1 is 1.10 bits per heavy atom. The Morgan fingerprint density at radius 2 is 1.72 bits per heavy atom. The van der Waals surface area contributed by atoms with Gasteiger partial charge in [-0.15, -0.1) is 0 Å². The van der Waals surface area contributed by atoms with Crippen LogP contribution in [0, 0.1) is 6.92 Å². The zero-order valence-corrected chi connectivity index (χ0v) is 16.2. The number of nitrogens with zero attached hydrogens (tertiary/aromatic N) is 2. The average Bonchev–Trinajstić information content (AvgIpc) is 2.71. The highest BCUT2D eigenvalue weighted by molar-refractivity contribution is 6.04. The minimum absolute atomic E-state index is 0.0738. The van der Waals surface area contributed by atoms with Gasteiger partial charge < -0.3 is 20.5 Å². The molecule has 0 unspecified atom stereocenters. The Kier molecular flexibility index (Phi) is 5.49. The molecule has 0 aliphatic rings. The van der Waals surface area contributed by atoms with Crippen LogP contribution in [0.2, 0.25) is 0 Å². The molecule has 0 saturated heterocycles. The first-order chi connectivity index (χ1) is 13.8. The molecule has 0 atom stereocenters. The predicted octanol–water partition coefficient (Wildman–Crippen LogP) is 1.46. The predicted molar refractivity (Wildman–Crippen MR) is 107 cm³/mol. The summed E-state index contributed by atoms with van der Waals surface area (Å²) in [5, 5.41) is 7.31. The molecule has 2 amide bonds. The van der Waals surface area contributed by atoms with Crippen molar-refractivity contribution in [3.05, 3.63) is 58.0 Å². The van der Waals surface area contributed by atoms with Crippen molar-refractivity contribution in [2.24, 2.45) is 5.73 Å². The lowest BCUT2D eigenvalue weighted by molar-refractivity contribution is -0.117. The minimum Gasteiger partial charge on any atom is -0.493 e. The van der Waals surface area contributed by atoms with E-state index in [1.165, 1.54) is 14.2 Å². The lowest BCUT2D eigenvalue weighted by Gasteiger charge is -2.14. The molecule has 1 heterocycles. The van der Waals surface area contributed by atoms with Gasteiger partial charge in [-0.2, -0.15) is 5.10 Å². The first-order valence-corrected chi connectivity index (χ1v) is 8.67. The average molecular weight is 396 g/mol. The van der Waals surface area contributed by atoms with Gasteiger partial charge in [-0.1, -0.05) is 18.2 Å². The third-order valence-corrected chi connectivity index (χ3v) is 4.40. The number of ether oxygens (including phenoxy) is 2. The van der Waals surface area contributed by atoms with Gasteiger partial charge in [0.15, 0.2) is 17.2 Å². The molecule has 0 bridgehead atoms. The summed E-state index contributed by atoms with van der Waals surface area (Å²) >= 11 is 0. The van der Waals surface area contributed by atoms with E-state index in [9.17, 15) is 14.4 Å². The van der Waals surface area contributed by atoms with Gasteiger partial charge in [0.05, 0.1) is 19.6 Å². The number of carbonyl (C=O) groups excluding carboxylic acids is 2. The van der Waals surface area contributed by atoms with Crippen LogP contribution in [0.3, 0.4) is 0 Å². The summed E-state index contributed by atoms with van der Waals surface area (Å²) in [5.41, 5.74) is 6.06. The van der Waals surface area contributed by atoms with E-state index in [0.29, 0.717) is 22.6 Å². The molecule has 3 N–H and O–H groups in total. The highest BCUT2D eigenvalue weighted by Crippen LogP contribution is 2.32. The maximum absolute atomic E-state index is 12.7. The molecule has 0 fully saturated rings. The van der Waals surface area contributed by atoms with E-state index < -0.39 is 23.9 Å². The van der Waals surface area contributed by atoms with Crippen LogP contribution in [0.25, 0.3) is 10.8 Å². The van der Waals surface area contributed by atoms with Gasteiger partial charge in [0.1, 0.15) is 6.54 Å². The number of aromatic nitrogens is 2.